The molecular weight excluding hydrogens is 349 g/mol. The van der Waals surface area contributed by atoms with Gasteiger partial charge < -0.3 is 9.80 Å². The van der Waals surface area contributed by atoms with Crippen LogP contribution in [0.2, 0.25) is 0 Å². The molecule has 1 saturated heterocycles. The van der Waals surface area contributed by atoms with Crippen molar-refractivity contribution < 1.29 is 14.0 Å². The summed E-state index contributed by atoms with van der Waals surface area (Å²) in [6.45, 7) is 1.35. The molecule has 1 aromatic carbocycles. The number of likely N-dealkylation sites (N-methyl/N-ethyl adjacent to an activating group) is 1. The van der Waals surface area contributed by atoms with E-state index >= 15 is 0 Å². The predicted octanol–water partition coefficient (Wildman–Crippen LogP) is 2.20. The second kappa shape index (κ2) is 6.94. The molecule has 2 aromatic rings. The van der Waals surface area contributed by atoms with Crippen LogP contribution in [0.1, 0.15) is 24.2 Å². The fraction of sp³-hybridized carbons (Fsp3) is 0.368. The maximum Gasteiger partial charge on any atom is 0.327 e. The Labute approximate surface area is 156 Å². The molecule has 1 atom stereocenters. The van der Waals surface area contributed by atoms with E-state index < -0.39 is 6.17 Å². The van der Waals surface area contributed by atoms with Crippen LogP contribution in [0.5, 0.6) is 0 Å². The molecule has 2 aliphatic rings. The highest BCUT2D eigenvalue weighted by atomic mass is 19.1. The number of amides is 2. The predicted molar refractivity (Wildman–Crippen MR) is 98.2 cm³/mol. The molecule has 0 aliphatic carbocycles. The maximum absolute atomic E-state index is 14.0. The largest absolute Gasteiger partial charge is 0.344 e. The lowest BCUT2D eigenvalue weighted by molar-refractivity contribution is -0.108. The summed E-state index contributed by atoms with van der Waals surface area (Å²) < 4.78 is 14.0. The second-order valence-corrected chi connectivity index (χ2v) is 6.77. The molecule has 1 fully saturated rings. The van der Waals surface area contributed by atoms with Gasteiger partial charge >= 0.3 is 6.03 Å². The molecule has 27 heavy (non-hydrogen) atoms. The summed E-state index contributed by atoms with van der Waals surface area (Å²) in [5.74, 6) is 0.473. The van der Waals surface area contributed by atoms with Gasteiger partial charge in [-0.15, -0.1) is 0 Å². The number of likely N-dealkylation sites (tertiary alicyclic amines) is 1. The van der Waals surface area contributed by atoms with Crippen LogP contribution in [-0.4, -0.2) is 53.5 Å². The third kappa shape index (κ3) is 3.01. The standard InChI is InChI=1S/C19H20FN5O2/c1-23-15-11-21-16(10-13-6-2-3-7-14(13)20)22-18(15)25(17(23)12-26)19(27)24-8-4-5-9-24/h2-3,6-7,11-12,17H,4-5,8-10H2,1H3. The first kappa shape index (κ1) is 17.4. The van der Waals surface area contributed by atoms with Crippen molar-refractivity contribution in [1.29, 1.82) is 0 Å². The molecule has 0 bridgehead atoms. The summed E-state index contributed by atoms with van der Waals surface area (Å²) in [5.41, 5.74) is 1.09. The van der Waals surface area contributed by atoms with Crippen molar-refractivity contribution in [2.45, 2.75) is 25.4 Å². The smallest absolute Gasteiger partial charge is 0.327 e. The number of hydrogen-bond donors (Lipinski definition) is 0. The molecule has 8 heteroatoms. The van der Waals surface area contributed by atoms with Crippen LogP contribution in [0.3, 0.4) is 0 Å². The normalized spacial score (nSPS) is 18.7. The topological polar surface area (TPSA) is 69.6 Å². The van der Waals surface area contributed by atoms with Crippen LogP contribution in [0.15, 0.2) is 30.5 Å². The fourth-order valence-electron chi connectivity index (χ4n) is 3.58. The van der Waals surface area contributed by atoms with Crippen LogP contribution in [-0.2, 0) is 11.2 Å². The van der Waals surface area contributed by atoms with E-state index in [-0.39, 0.29) is 18.3 Å². The molecular formula is C19H20FN5O2. The molecule has 1 aromatic heterocycles. The summed E-state index contributed by atoms with van der Waals surface area (Å²) in [7, 11) is 1.73. The molecule has 1 unspecified atom stereocenters. The molecule has 0 N–H and O–H groups in total. The molecule has 7 nitrogen and oxygen atoms in total. The average molecular weight is 369 g/mol. The number of rotatable bonds is 3. The van der Waals surface area contributed by atoms with Gasteiger partial charge in [-0.3, -0.25) is 4.79 Å². The lowest BCUT2D eigenvalue weighted by Crippen LogP contribution is -2.51. The fourth-order valence-corrected chi connectivity index (χ4v) is 3.58. The molecule has 3 heterocycles. The Morgan fingerprint density at radius 3 is 2.74 bits per heavy atom. The van der Waals surface area contributed by atoms with Crippen LogP contribution in [0.25, 0.3) is 0 Å². The number of aromatic nitrogens is 2. The minimum absolute atomic E-state index is 0.209. The molecule has 0 radical (unpaired) electrons. The third-order valence-corrected chi connectivity index (χ3v) is 5.08. The minimum atomic E-state index is -0.758. The van der Waals surface area contributed by atoms with E-state index in [9.17, 15) is 14.0 Å². The Balaban J connectivity index is 1.69. The Kier molecular flexibility index (Phi) is 4.47. The average Bonchev–Trinajstić information content (AvgIpc) is 3.30. The van der Waals surface area contributed by atoms with Crippen molar-refractivity contribution in [3.63, 3.8) is 0 Å². The highest BCUT2D eigenvalue weighted by Gasteiger charge is 2.41. The Bertz CT molecular complexity index is 884. The highest BCUT2D eigenvalue weighted by molar-refractivity contribution is 6.02. The molecule has 2 amide bonds. The van der Waals surface area contributed by atoms with Crippen LogP contribution in [0.4, 0.5) is 20.7 Å². The quantitative estimate of drug-likeness (QED) is 0.776. The highest BCUT2D eigenvalue weighted by Crippen LogP contribution is 2.37. The Morgan fingerprint density at radius 2 is 2.04 bits per heavy atom. The number of benzene rings is 1. The number of carbonyl (C=O) groups excluding carboxylic acids is 2. The van der Waals surface area contributed by atoms with Crippen molar-refractivity contribution in [3.05, 3.63) is 47.7 Å². The Morgan fingerprint density at radius 1 is 1.30 bits per heavy atom. The van der Waals surface area contributed by atoms with Gasteiger partial charge in [0, 0.05) is 26.6 Å². The van der Waals surface area contributed by atoms with Crippen LogP contribution < -0.4 is 9.80 Å². The van der Waals surface area contributed by atoms with Crippen LogP contribution in [0, 0.1) is 5.82 Å². The van der Waals surface area contributed by atoms with Gasteiger partial charge in [0.15, 0.2) is 18.3 Å². The van der Waals surface area contributed by atoms with Crippen molar-refractivity contribution in [2.24, 2.45) is 0 Å². The van der Waals surface area contributed by atoms with Crippen LogP contribution >= 0.6 is 0 Å². The van der Waals surface area contributed by atoms with E-state index in [0.29, 0.717) is 36.0 Å². The van der Waals surface area contributed by atoms with Gasteiger partial charge in [-0.2, -0.15) is 0 Å². The molecule has 0 spiro atoms. The van der Waals surface area contributed by atoms with Gasteiger partial charge in [-0.05, 0) is 24.5 Å². The molecule has 0 saturated carbocycles. The van der Waals surface area contributed by atoms with Crippen molar-refractivity contribution in [2.75, 3.05) is 29.9 Å². The van der Waals surface area contributed by atoms with E-state index in [4.69, 9.17) is 0 Å². The number of carbonyl (C=O) groups is 2. The lowest BCUT2D eigenvalue weighted by Gasteiger charge is -2.28. The van der Waals surface area contributed by atoms with Crippen molar-refractivity contribution in [3.8, 4) is 0 Å². The SMILES string of the molecule is CN1c2cnc(Cc3ccccc3F)nc2N(C(=O)N2CCCC2)C1C=O. The second-order valence-electron chi connectivity index (χ2n) is 6.77. The van der Waals surface area contributed by atoms with Crippen molar-refractivity contribution in [1.82, 2.24) is 14.9 Å². The van der Waals surface area contributed by atoms with Gasteiger partial charge in [0.1, 0.15) is 17.3 Å². The van der Waals surface area contributed by atoms with E-state index in [1.54, 1.807) is 41.2 Å². The molecule has 4 rings (SSSR count). The number of fused-ring (bicyclic) bond motifs is 1. The summed E-state index contributed by atoms with van der Waals surface area (Å²) in [4.78, 5) is 38.3. The number of anilines is 2. The first-order valence-corrected chi connectivity index (χ1v) is 8.95. The van der Waals surface area contributed by atoms with Gasteiger partial charge in [0.25, 0.3) is 0 Å². The van der Waals surface area contributed by atoms with Gasteiger partial charge in [-0.1, -0.05) is 18.2 Å². The lowest BCUT2D eigenvalue weighted by atomic mass is 10.1. The molecule has 2 aliphatic heterocycles. The monoisotopic (exact) mass is 369 g/mol. The first-order valence-electron chi connectivity index (χ1n) is 8.95. The number of halogens is 1. The summed E-state index contributed by atoms with van der Waals surface area (Å²) in [6, 6.07) is 6.22. The zero-order valence-electron chi connectivity index (χ0n) is 15.0. The van der Waals surface area contributed by atoms with Gasteiger partial charge in [0.05, 0.1) is 6.20 Å². The summed E-state index contributed by atoms with van der Waals surface area (Å²) >= 11 is 0. The minimum Gasteiger partial charge on any atom is -0.344 e. The van der Waals surface area contributed by atoms with E-state index in [1.807, 2.05) is 0 Å². The van der Waals surface area contributed by atoms with E-state index in [2.05, 4.69) is 9.97 Å². The summed E-state index contributed by atoms with van der Waals surface area (Å²) in [6.07, 6.45) is 3.68. The number of nitrogens with zero attached hydrogens (tertiary/aromatic N) is 5. The Hall–Kier alpha value is -3.03. The maximum atomic E-state index is 14.0. The van der Waals surface area contributed by atoms with Crippen molar-refractivity contribution >= 4 is 23.8 Å². The third-order valence-electron chi connectivity index (χ3n) is 5.08. The first-order chi connectivity index (χ1) is 13.1. The van der Waals surface area contributed by atoms with E-state index in [1.165, 1.54) is 11.0 Å². The van der Waals surface area contributed by atoms with Gasteiger partial charge in [0.2, 0.25) is 0 Å². The zero-order chi connectivity index (χ0) is 19.0. The number of aldehydes is 1. The summed E-state index contributed by atoms with van der Waals surface area (Å²) in [5, 5.41) is 0. The van der Waals surface area contributed by atoms with Gasteiger partial charge in [-0.25, -0.2) is 24.1 Å². The molecule has 140 valence electrons. The number of hydrogen-bond acceptors (Lipinski definition) is 5. The van der Waals surface area contributed by atoms with E-state index in [0.717, 1.165) is 19.1 Å². The number of urea groups is 1. The zero-order valence-corrected chi connectivity index (χ0v) is 15.0.